The fourth-order valence-corrected chi connectivity index (χ4v) is 3.74. The van der Waals surface area contributed by atoms with Crippen LogP contribution in [0.2, 0.25) is 0 Å². The summed E-state index contributed by atoms with van der Waals surface area (Å²) in [5.74, 6) is 1.23. The number of aromatic nitrogens is 1. The standard InChI is InChI=1S/C17H24BrNS/c18-12-8-4-2-1-3-5-9-13-20-17-14-15-10-6-7-11-16(15)19-17/h6-7,10-11,14,19H,1-5,8-9,12-13H2. The van der Waals surface area contributed by atoms with E-state index in [1.54, 1.807) is 0 Å². The van der Waals surface area contributed by atoms with Gasteiger partial charge in [-0.05, 0) is 30.7 Å². The van der Waals surface area contributed by atoms with Gasteiger partial charge in [-0.1, -0.05) is 66.2 Å². The number of benzene rings is 1. The molecule has 1 aromatic carbocycles. The predicted molar refractivity (Wildman–Crippen MR) is 95.1 cm³/mol. The van der Waals surface area contributed by atoms with E-state index in [9.17, 15) is 0 Å². The molecule has 2 rings (SSSR count). The van der Waals surface area contributed by atoms with Gasteiger partial charge in [-0.2, -0.15) is 0 Å². The maximum absolute atomic E-state index is 3.48. The number of H-pyrrole nitrogens is 1. The molecule has 20 heavy (non-hydrogen) atoms. The molecule has 1 aromatic heterocycles. The fourth-order valence-electron chi connectivity index (χ4n) is 2.39. The summed E-state index contributed by atoms with van der Waals surface area (Å²) in [6, 6.07) is 10.8. The highest BCUT2D eigenvalue weighted by atomic mass is 79.9. The van der Waals surface area contributed by atoms with E-state index >= 15 is 0 Å². The Labute approximate surface area is 135 Å². The number of fused-ring (bicyclic) bond motifs is 1. The minimum absolute atomic E-state index is 1.16. The van der Waals surface area contributed by atoms with Crippen LogP contribution in [-0.2, 0) is 0 Å². The van der Waals surface area contributed by atoms with Gasteiger partial charge in [-0.3, -0.25) is 0 Å². The Hall–Kier alpha value is -0.410. The number of halogens is 1. The molecule has 0 spiro atoms. The summed E-state index contributed by atoms with van der Waals surface area (Å²) >= 11 is 5.44. The van der Waals surface area contributed by atoms with Crippen LogP contribution in [0.5, 0.6) is 0 Å². The zero-order chi connectivity index (χ0) is 14.0. The molecule has 1 nitrogen and oxygen atoms in total. The number of para-hydroxylation sites is 1. The molecule has 0 radical (unpaired) electrons. The van der Waals surface area contributed by atoms with Crippen molar-refractivity contribution in [1.82, 2.24) is 4.98 Å². The van der Waals surface area contributed by atoms with Crippen molar-refractivity contribution >= 4 is 38.6 Å². The summed E-state index contributed by atoms with van der Waals surface area (Å²) in [5.41, 5.74) is 1.25. The first-order chi connectivity index (χ1) is 9.90. The second-order valence-corrected chi connectivity index (χ2v) is 7.16. The third-order valence-corrected chi connectivity index (χ3v) is 5.13. The third kappa shape index (κ3) is 5.53. The van der Waals surface area contributed by atoms with Crippen LogP contribution in [0.4, 0.5) is 0 Å². The Kier molecular flexibility index (Phi) is 7.60. The Morgan fingerprint density at radius 1 is 0.900 bits per heavy atom. The predicted octanol–water partition coefficient (Wildman–Crippen LogP) is 6.39. The highest BCUT2D eigenvalue weighted by Crippen LogP contribution is 2.24. The van der Waals surface area contributed by atoms with E-state index in [-0.39, 0.29) is 0 Å². The van der Waals surface area contributed by atoms with Crippen molar-refractivity contribution in [3.05, 3.63) is 30.3 Å². The number of aromatic amines is 1. The molecule has 0 aliphatic carbocycles. The van der Waals surface area contributed by atoms with Gasteiger partial charge in [0.05, 0.1) is 5.03 Å². The smallest absolute Gasteiger partial charge is 0.0732 e. The lowest BCUT2D eigenvalue weighted by atomic mass is 10.1. The molecule has 3 heteroatoms. The topological polar surface area (TPSA) is 15.8 Å². The maximum atomic E-state index is 3.48. The van der Waals surface area contributed by atoms with E-state index < -0.39 is 0 Å². The summed E-state index contributed by atoms with van der Waals surface area (Å²) in [6.45, 7) is 0. The third-order valence-electron chi connectivity index (χ3n) is 3.54. The minimum atomic E-state index is 1.16. The van der Waals surface area contributed by atoms with Crippen molar-refractivity contribution < 1.29 is 0 Å². The molecule has 0 saturated carbocycles. The molecule has 0 fully saturated rings. The molecule has 0 unspecified atom stereocenters. The molecular formula is C17H24BrNS. The quantitative estimate of drug-likeness (QED) is 0.297. The van der Waals surface area contributed by atoms with E-state index in [0.29, 0.717) is 0 Å². The molecule has 0 saturated heterocycles. The summed E-state index contributed by atoms with van der Waals surface area (Å²) < 4.78 is 0. The molecule has 2 aromatic rings. The Balaban J connectivity index is 1.55. The SMILES string of the molecule is BrCCCCCCCCCSc1cc2ccccc2[nH]1. The molecular weight excluding hydrogens is 330 g/mol. The molecule has 0 amide bonds. The van der Waals surface area contributed by atoms with E-state index in [1.165, 1.54) is 66.6 Å². The minimum Gasteiger partial charge on any atom is -0.350 e. The Bertz CT molecular complexity index is 461. The van der Waals surface area contributed by atoms with E-state index in [0.717, 1.165) is 5.33 Å². The molecule has 1 heterocycles. The second kappa shape index (κ2) is 9.51. The highest BCUT2D eigenvalue weighted by Gasteiger charge is 2.00. The van der Waals surface area contributed by atoms with Crippen LogP contribution < -0.4 is 0 Å². The fraction of sp³-hybridized carbons (Fsp3) is 0.529. The lowest BCUT2D eigenvalue weighted by molar-refractivity contribution is 0.606. The van der Waals surface area contributed by atoms with Gasteiger partial charge >= 0.3 is 0 Å². The first-order valence-corrected chi connectivity index (χ1v) is 9.77. The van der Waals surface area contributed by atoms with Crippen LogP contribution in [0.15, 0.2) is 35.4 Å². The number of thioether (sulfide) groups is 1. The summed E-state index contributed by atoms with van der Waals surface area (Å²) in [6.07, 6.45) is 9.63. The first kappa shape index (κ1) is 16.0. The van der Waals surface area contributed by atoms with Crippen LogP contribution >= 0.6 is 27.7 Å². The van der Waals surface area contributed by atoms with Gasteiger partial charge in [-0.15, -0.1) is 11.8 Å². The molecule has 110 valence electrons. The van der Waals surface area contributed by atoms with Crippen molar-refractivity contribution in [1.29, 1.82) is 0 Å². The lowest BCUT2D eigenvalue weighted by Crippen LogP contribution is -1.83. The highest BCUT2D eigenvalue weighted by molar-refractivity contribution is 9.09. The normalized spacial score (nSPS) is 11.2. The lowest BCUT2D eigenvalue weighted by Gasteiger charge is -2.01. The molecule has 0 aliphatic heterocycles. The Morgan fingerprint density at radius 3 is 2.35 bits per heavy atom. The van der Waals surface area contributed by atoms with Crippen LogP contribution in [0.1, 0.15) is 44.9 Å². The van der Waals surface area contributed by atoms with E-state index in [1.807, 2.05) is 11.8 Å². The Morgan fingerprint density at radius 2 is 1.60 bits per heavy atom. The zero-order valence-electron chi connectivity index (χ0n) is 12.0. The van der Waals surface area contributed by atoms with Crippen molar-refractivity contribution in [2.45, 2.75) is 50.0 Å². The average Bonchev–Trinajstić information content (AvgIpc) is 2.88. The van der Waals surface area contributed by atoms with Crippen LogP contribution in [0.25, 0.3) is 10.9 Å². The number of alkyl halides is 1. The summed E-state index contributed by atoms with van der Waals surface area (Å²) in [4.78, 5) is 3.48. The summed E-state index contributed by atoms with van der Waals surface area (Å²) in [5, 5.41) is 3.79. The first-order valence-electron chi connectivity index (χ1n) is 7.66. The van der Waals surface area contributed by atoms with Crippen molar-refractivity contribution in [3.8, 4) is 0 Å². The second-order valence-electron chi connectivity index (χ2n) is 5.23. The monoisotopic (exact) mass is 353 g/mol. The molecule has 0 aliphatic rings. The van der Waals surface area contributed by atoms with E-state index in [4.69, 9.17) is 0 Å². The number of rotatable bonds is 10. The maximum Gasteiger partial charge on any atom is 0.0732 e. The van der Waals surface area contributed by atoms with Crippen molar-refractivity contribution in [2.75, 3.05) is 11.1 Å². The number of hydrogen-bond donors (Lipinski definition) is 1. The molecule has 0 atom stereocenters. The largest absolute Gasteiger partial charge is 0.350 e. The van der Waals surface area contributed by atoms with Gasteiger partial charge in [0.1, 0.15) is 0 Å². The van der Waals surface area contributed by atoms with Gasteiger partial charge in [-0.25, -0.2) is 0 Å². The van der Waals surface area contributed by atoms with Gasteiger partial charge in [0.25, 0.3) is 0 Å². The molecule has 1 N–H and O–H groups in total. The van der Waals surface area contributed by atoms with Gasteiger partial charge in [0.2, 0.25) is 0 Å². The van der Waals surface area contributed by atoms with Gasteiger partial charge in [0.15, 0.2) is 0 Å². The van der Waals surface area contributed by atoms with Gasteiger partial charge < -0.3 is 4.98 Å². The molecule has 0 bridgehead atoms. The van der Waals surface area contributed by atoms with Crippen LogP contribution in [0.3, 0.4) is 0 Å². The van der Waals surface area contributed by atoms with E-state index in [2.05, 4.69) is 51.2 Å². The van der Waals surface area contributed by atoms with Crippen LogP contribution in [-0.4, -0.2) is 16.1 Å². The van der Waals surface area contributed by atoms with Crippen molar-refractivity contribution in [3.63, 3.8) is 0 Å². The number of unbranched alkanes of at least 4 members (excludes halogenated alkanes) is 6. The van der Waals surface area contributed by atoms with Crippen LogP contribution in [0, 0.1) is 0 Å². The summed E-state index contributed by atoms with van der Waals surface area (Å²) in [7, 11) is 0. The van der Waals surface area contributed by atoms with Crippen molar-refractivity contribution in [2.24, 2.45) is 0 Å². The van der Waals surface area contributed by atoms with Gasteiger partial charge in [0, 0.05) is 16.2 Å². The number of nitrogens with one attached hydrogen (secondary N) is 1. The zero-order valence-corrected chi connectivity index (χ0v) is 14.4. The average molecular weight is 354 g/mol. The number of hydrogen-bond acceptors (Lipinski definition) is 1.